The molecular formula is C15H20N2O2. The number of carbonyl (C=O) groups excluding carboxylic acids is 1. The van der Waals surface area contributed by atoms with Crippen LogP contribution in [0.3, 0.4) is 0 Å². The number of hydrogen-bond acceptors (Lipinski definition) is 3. The van der Waals surface area contributed by atoms with E-state index >= 15 is 0 Å². The fourth-order valence-corrected chi connectivity index (χ4v) is 2.14. The zero-order valence-corrected chi connectivity index (χ0v) is 11.4. The Labute approximate surface area is 113 Å². The molecule has 1 amide bonds. The normalized spacial score (nSPS) is 11.7. The largest absolute Gasteiger partial charge is 0.464 e. The number of carbonyl (C=O) groups is 1. The fourth-order valence-electron chi connectivity index (χ4n) is 2.14. The summed E-state index contributed by atoms with van der Waals surface area (Å²) >= 11 is 0. The second kappa shape index (κ2) is 5.45. The fraction of sp³-hybridized carbons (Fsp3) is 0.400. The number of fused-ring (bicyclic) bond motifs is 1. The van der Waals surface area contributed by atoms with Gasteiger partial charge in [-0.1, -0.05) is 32.0 Å². The maximum atomic E-state index is 11.5. The molecule has 2 aromatic rings. The molecule has 0 spiro atoms. The molecule has 1 aromatic carbocycles. The molecular weight excluding hydrogens is 240 g/mol. The lowest BCUT2D eigenvalue weighted by atomic mass is 9.84. The van der Waals surface area contributed by atoms with Crippen LogP contribution < -0.4 is 11.1 Å². The minimum Gasteiger partial charge on any atom is -0.464 e. The third-order valence-corrected chi connectivity index (χ3v) is 3.31. The van der Waals surface area contributed by atoms with E-state index in [2.05, 4.69) is 19.2 Å². The van der Waals surface area contributed by atoms with Gasteiger partial charge in [-0.05, 0) is 6.07 Å². The minimum atomic E-state index is -0.184. The molecule has 19 heavy (non-hydrogen) atoms. The molecule has 102 valence electrons. The van der Waals surface area contributed by atoms with Crippen LogP contribution in [0, 0.1) is 0 Å². The van der Waals surface area contributed by atoms with Crippen molar-refractivity contribution in [2.75, 3.05) is 13.1 Å². The quantitative estimate of drug-likeness (QED) is 0.865. The van der Waals surface area contributed by atoms with Crippen LogP contribution in [-0.2, 0) is 10.2 Å². The average Bonchev–Trinajstić information content (AvgIpc) is 2.81. The molecule has 3 N–H and O–H groups in total. The van der Waals surface area contributed by atoms with Crippen LogP contribution in [-0.4, -0.2) is 19.0 Å². The van der Waals surface area contributed by atoms with Crippen LogP contribution in [0.15, 0.2) is 34.9 Å². The lowest BCUT2D eigenvalue weighted by Gasteiger charge is -2.24. The smallest absolute Gasteiger partial charge is 0.221 e. The SMILES string of the molecule is CC(C)(CNC(=O)CCN)c1coc2ccccc12. The van der Waals surface area contributed by atoms with Gasteiger partial charge in [0.25, 0.3) is 0 Å². The number of nitrogens with one attached hydrogen (secondary N) is 1. The van der Waals surface area contributed by atoms with Crippen molar-refractivity contribution in [3.05, 3.63) is 36.1 Å². The van der Waals surface area contributed by atoms with Crippen molar-refractivity contribution in [2.24, 2.45) is 5.73 Å². The van der Waals surface area contributed by atoms with Crippen LogP contribution in [0.2, 0.25) is 0 Å². The van der Waals surface area contributed by atoms with Crippen molar-refractivity contribution in [2.45, 2.75) is 25.7 Å². The standard InChI is InChI=1S/C15H20N2O2/c1-15(2,10-17-14(18)7-8-16)12-9-19-13-6-4-3-5-11(12)13/h3-6,9H,7-8,10,16H2,1-2H3,(H,17,18). The van der Waals surface area contributed by atoms with E-state index in [0.29, 0.717) is 19.5 Å². The third kappa shape index (κ3) is 2.96. The van der Waals surface area contributed by atoms with Gasteiger partial charge in [-0.3, -0.25) is 4.79 Å². The number of furan rings is 1. The molecule has 0 fully saturated rings. The van der Waals surface area contributed by atoms with E-state index in [1.807, 2.05) is 24.3 Å². The van der Waals surface area contributed by atoms with Crippen LogP contribution >= 0.6 is 0 Å². The number of nitrogens with two attached hydrogens (primary N) is 1. The highest BCUT2D eigenvalue weighted by atomic mass is 16.3. The topological polar surface area (TPSA) is 68.3 Å². The molecule has 4 nitrogen and oxygen atoms in total. The van der Waals surface area contributed by atoms with E-state index < -0.39 is 0 Å². The first kappa shape index (κ1) is 13.6. The predicted octanol–water partition coefficient (Wildman–Crippen LogP) is 2.18. The first-order valence-corrected chi connectivity index (χ1v) is 6.48. The summed E-state index contributed by atoms with van der Waals surface area (Å²) in [5.74, 6) is -0.0108. The molecule has 4 heteroatoms. The Morgan fingerprint density at radius 2 is 2.11 bits per heavy atom. The van der Waals surface area contributed by atoms with Gasteiger partial charge in [-0.15, -0.1) is 0 Å². The van der Waals surface area contributed by atoms with Gasteiger partial charge in [-0.25, -0.2) is 0 Å². The van der Waals surface area contributed by atoms with E-state index in [9.17, 15) is 4.79 Å². The summed E-state index contributed by atoms with van der Waals surface area (Å²) < 4.78 is 5.56. The Kier molecular flexibility index (Phi) is 3.90. The van der Waals surface area contributed by atoms with E-state index in [-0.39, 0.29) is 11.3 Å². The molecule has 0 bridgehead atoms. The zero-order chi connectivity index (χ0) is 13.9. The summed E-state index contributed by atoms with van der Waals surface area (Å²) in [5, 5.41) is 4.01. The number of amides is 1. The maximum Gasteiger partial charge on any atom is 0.221 e. The van der Waals surface area contributed by atoms with Gasteiger partial charge < -0.3 is 15.5 Å². The lowest BCUT2D eigenvalue weighted by molar-refractivity contribution is -0.121. The molecule has 0 unspecified atom stereocenters. The van der Waals surface area contributed by atoms with E-state index in [4.69, 9.17) is 10.2 Å². The second-order valence-electron chi connectivity index (χ2n) is 5.34. The van der Waals surface area contributed by atoms with Gasteiger partial charge in [0, 0.05) is 35.9 Å². The highest BCUT2D eigenvalue weighted by Crippen LogP contribution is 2.31. The Balaban J connectivity index is 2.17. The second-order valence-corrected chi connectivity index (χ2v) is 5.34. The minimum absolute atomic E-state index is 0.0108. The molecule has 1 heterocycles. The Bertz CT molecular complexity index is 572. The molecule has 0 aliphatic heterocycles. The molecule has 0 radical (unpaired) electrons. The number of rotatable bonds is 5. The van der Waals surface area contributed by atoms with Gasteiger partial charge in [0.15, 0.2) is 0 Å². The number of hydrogen-bond donors (Lipinski definition) is 2. The monoisotopic (exact) mass is 260 g/mol. The molecule has 0 saturated heterocycles. The first-order chi connectivity index (χ1) is 9.04. The summed E-state index contributed by atoms with van der Waals surface area (Å²) in [6.45, 7) is 5.12. The van der Waals surface area contributed by atoms with Crippen molar-refractivity contribution in [3.63, 3.8) is 0 Å². The lowest BCUT2D eigenvalue weighted by Crippen LogP contribution is -2.37. The molecule has 0 aliphatic rings. The van der Waals surface area contributed by atoms with Crippen molar-refractivity contribution in [1.29, 1.82) is 0 Å². The van der Waals surface area contributed by atoms with Crippen LogP contribution in [0.4, 0.5) is 0 Å². The summed E-state index contributed by atoms with van der Waals surface area (Å²) in [7, 11) is 0. The highest BCUT2D eigenvalue weighted by molar-refractivity contribution is 5.82. The first-order valence-electron chi connectivity index (χ1n) is 6.48. The van der Waals surface area contributed by atoms with Gasteiger partial charge >= 0.3 is 0 Å². The van der Waals surface area contributed by atoms with E-state index in [1.54, 1.807) is 6.26 Å². The van der Waals surface area contributed by atoms with Gasteiger partial charge in [0.1, 0.15) is 5.58 Å². The van der Waals surface area contributed by atoms with Gasteiger partial charge in [0.2, 0.25) is 5.91 Å². The van der Waals surface area contributed by atoms with E-state index in [1.165, 1.54) is 0 Å². The maximum absolute atomic E-state index is 11.5. The van der Waals surface area contributed by atoms with Crippen LogP contribution in [0.1, 0.15) is 25.8 Å². The molecule has 0 atom stereocenters. The average molecular weight is 260 g/mol. The van der Waals surface area contributed by atoms with Crippen molar-refractivity contribution < 1.29 is 9.21 Å². The molecule has 0 saturated carbocycles. The van der Waals surface area contributed by atoms with Crippen LogP contribution in [0.5, 0.6) is 0 Å². The van der Waals surface area contributed by atoms with Gasteiger partial charge in [-0.2, -0.15) is 0 Å². The third-order valence-electron chi connectivity index (χ3n) is 3.31. The highest BCUT2D eigenvalue weighted by Gasteiger charge is 2.25. The summed E-state index contributed by atoms with van der Waals surface area (Å²) in [6.07, 6.45) is 2.14. The molecule has 2 rings (SSSR count). The molecule has 1 aromatic heterocycles. The Morgan fingerprint density at radius 3 is 2.84 bits per heavy atom. The van der Waals surface area contributed by atoms with Crippen LogP contribution in [0.25, 0.3) is 11.0 Å². The van der Waals surface area contributed by atoms with Crippen molar-refractivity contribution >= 4 is 16.9 Å². The summed E-state index contributed by atoms with van der Waals surface area (Å²) in [5.41, 5.74) is 7.16. The number of para-hydroxylation sites is 1. The van der Waals surface area contributed by atoms with Crippen molar-refractivity contribution in [3.8, 4) is 0 Å². The summed E-state index contributed by atoms with van der Waals surface area (Å²) in [6, 6.07) is 7.93. The zero-order valence-electron chi connectivity index (χ0n) is 11.4. The number of benzene rings is 1. The Hall–Kier alpha value is -1.81. The predicted molar refractivity (Wildman–Crippen MR) is 75.9 cm³/mol. The summed E-state index contributed by atoms with van der Waals surface area (Å²) in [4.78, 5) is 11.5. The molecule has 0 aliphatic carbocycles. The Morgan fingerprint density at radius 1 is 1.37 bits per heavy atom. The van der Waals surface area contributed by atoms with Crippen molar-refractivity contribution in [1.82, 2.24) is 5.32 Å². The van der Waals surface area contributed by atoms with Gasteiger partial charge in [0.05, 0.1) is 6.26 Å². The van der Waals surface area contributed by atoms with E-state index in [0.717, 1.165) is 16.5 Å².